The van der Waals surface area contributed by atoms with Crippen LogP contribution in [0.25, 0.3) is 11.0 Å². The number of aromatic nitrogens is 2. The number of phenolic OH excluding ortho intramolecular Hbond substituents is 1. The predicted molar refractivity (Wildman–Crippen MR) is 51.1 cm³/mol. The summed E-state index contributed by atoms with van der Waals surface area (Å²) in [4.78, 5) is 4.38. The van der Waals surface area contributed by atoms with Crippen molar-refractivity contribution in [1.29, 1.82) is 0 Å². The fraction of sp³-hybridized carbons (Fsp3) is 0.300. The lowest BCUT2D eigenvalue weighted by molar-refractivity contribution is 0.176. The van der Waals surface area contributed by atoms with E-state index in [0.717, 1.165) is 16.9 Å². The van der Waals surface area contributed by atoms with Crippen LogP contribution in [-0.4, -0.2) is 25.9 Å². The van der Waals surface area contributed by atoms with Crippen LogP contribution in [0.1, 0.15) is 5.82 Å². The number of phenols is 1. The molecule has 0 amide bonds. The van der Waals surface area contributed by atoms with E-state index in [4.69, 9.17) is 0 Å². The van der Waals surface area contributed by atoms with Gasteiger partial charge in [0.05, 0.1) is 23.7 Å². The van der Waals surface area contributed by atoms with Gasteiger partial charge in [0.2, 0.25) is 0 Å². The van der Waals surface area contributed by atoms with Gasteiger partial charge in [-0.15, -0.1) is 0 Å². The lowest BCUT2D eigenvalue weighted by Crippen LogP contribution is -2.07. The fourth-order valence-corrected chi connectivity index (χ4v) is 2.01. The van der Waals surface area contributed by atoms with Crippen LogP contribution in [0.2, 0.25) is 0 Å². The van der Waals surface area contributed by atoms with E-state index in [9.17, 15) is 10.2 Å². The van der Waals surface area contributed by atoms with Crippen LogP contribution in [-0.2, 0) is 13.0 Å². The maximum Gasteiger partial charge on any atom is 0.117 e. The van der Waals surface area contributed by atoms with E-state index < -0.39 is 0 Å². The summed E-state index contributed by atoms with van der Waals surface area (Å²) in [7, 11) is 0. The molecule has 0 radical (unpaired) electrons. The van der Waals surface area contributed by atoms with E-state index in [0.29, 0.717) is 13.0 Å². The Morgan fingerprint density at radius 3 is 3.14 bits per heavy atom. The Labute approximate surface area is 80.4 Å². The molecule has 0 saturated carbocycles. The third kappa shape index (κ3) is 0.943. The number of fused-ring (bicyclic) bond motifs is 3. The standard InChI is InChI=1S/C10H10N2O2/c13-6-1-2-8-9(3-6)12-5-7(14)4-10(12)11-8/h1-3,7,13-14H,4-5H2. The van der Waals surface area contributed by atoms with Crippen LogP contribution >= 0.6 is 0 Å². The zero-order chi connectivity index (χ0) is 9.71. The average molecular weight is 190 g/mol. The molecule has 1 aromatic heterocycles. The zero-order valence-electron chi connectivity index (χ0n) is 7.51. The summed E-state index contributed by atoms with van der Waals surface area (Å²) in [6, 6.07) is 5.10. The Bertz CT molecular complexity index is 504. The van der Waals surface area contributed by atoms with Crippen LogP contribution in [0.3, 0.4) is 0 Å². The van der Waals surface area contributed by atoms with Crippen molar-refractivity contribution < 1.29 is 10.2 Å². The number of rotatable bonds is 0. The monoisotopic (exact) mass is 190 g/mol. The van der Waals surface area contributed by atoms with Gasteiger partial charge < -0.3 is 14.8 Å². The maximum atomic E-state index is 9.44. The topological polar surface area (TPSA) is 58.3 Å². The number of aliphatic hydroxyl groups is 1. The largest absolute Gasteiger partial charge is 0.508 e. The van der Waals surface area contributed by atoms with Gasteiger partial charge in [-0.25, -0.2) is 4.98 Å². The van der Waals surface area contributed by atoms with Crippen LogP contribution in [0.4, 0.5) is 0 Å². The van der Waals surface area contributed by atoms with Gasteiger partial charge in [0.1, 0.15) is 11.6 Å². The first-order valence-corrected chi connectivity index (χ1v) is 4.60. The van der Waals surface area contributed by atoms with Crippen molar-refractivity contribution in [2.75, 3.05) is 0 Å². The lowest BCUT2D eigenvalue weighted by atomic mass is 10.3. The highest BCUT2D eigenvalue weighted by molar-refractivity contribution is 5.78. The van der Waals surface area contributed by atoms with Crippen molar-refractivity contribution in [2.45, 2.75) is 19.1 Å². The van der Waals surface area contributed by atoms with Crippen molar-refractivity contribution in [3.63, 3.8) is 0 Å². The Morgan fingerprint density at radius 1 is 1.43 bits per heavy atom. The second kappa shape index (κ2) is 2.48. The summed E-state index contributed by atoms with van der Waals surface area (Å²) in [5, 5.41) is 18.8. The number of aliphatic hydroxyl groups excluding tert-OH is 1. The molecule has 4 nitrogen and oxygen atoms in total. The second-order valence-corrected chi connectivity index (χ2v) is 3.67. The molecule has 1 aliphatic rings. The highest BCUT2D eigenvalue weighted by atomic mass is 16.3. The summed E-state index contributed by atoms with van der Waals surface area (Å²) in [5.74, 6) is 1.14. The quantitative estimate of drug-likeness (QED) is 0.641. The summed E-state index contributed by atoms with van der Waals surface area (Å²) >= 11 is 0. The van der Waals surface area contributed by atoms with Gasteiger partial charge in [0.15, 0.2) is 0 Å². The first-order chi connectivity index (χ1) is 6.74. The van der Waals surface area contributed by atoms with Crippen LogP contribution in [0.15, 0.2) is 18.2 Å². The number of aromatic hydroxyl groups is 1. The van der Waals surface area contributed by atoms with E-state index >= 15 is 0 Å². The van der Waals surface area contributed by atoms with Gasteiger partial charge in [-0.1, -0.05) is 0 Å². The minimum atomic E-state index is -0.329. The fourth-order valence-electron chi connectivity index (χ4n) is 2.01. The highest BCUT2D eigenvalue weighted by Gasteiger charge is 2.22. The molecule has 0 spiro atoms. The van der Waals surface area contributed by atoms with Gasteiger partial charge in [-0.2, -0.15) is 0 Å². The molecule has 0 bridgehead atoms. The third-order valence-electron chi connectivity index (χ3n) is 2.62. The van der Waals surface area contributed by atoms with Gasteiger partial charge in [-0.05, 0) is 12.1 Å². The zero-order valence-corrected chi connectivity index (χ0v) is 7.51. The first kappa shape index (κ1) is 7.82. The normalized spacial score (nSPS) is 20.2. The second-order valence-electron chi connectivity index (χ2n) is 3.67. The molecule has 14 heavy (non-hydrogen) atoms. The van der Waals surface area contributed by atoms with E-state index in [1.165, 1.54) is 0 Å². The molecule has 1 aliphatic heterocycles. The third-order valence-corrected chi connectivity index (χ3v) is 2.62. The molecule has 3 rings (SSSR count). The number of hydrogen-bond acceptors (Lipinski definition) is 3. The van der Waals surface area contributed by atoms with Gasteiger partial charge >= 0.3 is 0 Å². The Balaban J connectivity index is 2.30. The van der Waals surface area contributed by atoms with Gasteiger partial charge in [0, 0.05) is 12.5 Å². The smallest absolute Gasteiger partial charge is 0.117 e. The average Bonchev–Trinajstić information content (AvgIpc) is 2.62. The molecule has 0 fully saturated rings. The molecule has 1 atom stereocenters. The maximum absolute atomic E-state index is 9.44. The predicted octanol–water partition coefficient (Wildman–Crippen LogP) is 0.659. The van der Waals surface area contributed by atoms with Crippen molar-refractivity contribution in [3.05, 3.63) is 24.0 Å². The van der Waals surface area contributed by atoms with Crippen LogP contribution in [0.5, 0.6) is 5.75 Å². The van der Waals surface area contributed by atoms with Gasteiger partial charge in [-0.3, -0.25) is 0 Å². The van der Waals surface area contributed by atoms with E-state index in [1.54, 1.807) is 18.2 Å². The van der Waals surface area contributed by atoms with Crippen molar-refractivity contribution >= 4 is 11.0 Å². The SMILES string of the molecule is Oc1ccc2nc3n(c2c1)CC(O)C3. The highest BCUT2D eigenvalue weighted by Crippen LogP contribution is 2.25. The Kier molecular flexibility index (Phi) is 1.39. The van der Waals surface area contributed by atoms with E-state index in [1.807, 2.05) is 4.57 Å². The van der Waals surface area contributed by atoms with E-state index in [-0.39, 0.29) is 11.9 Å². The molecule has 0 aliphatic carbocycles. The van der Waals surface area contributed by atoms with Crippen LogP contribution in [0, 0.1) is 0 Å². The lowest BCUT2D eigenvalue weighted by Gasteiger charge is -2.00. The molecular formula is C10H10N2O2. The Hall–Kier alpha value is -1.55. The van der Waals surface area contributed by atoms with E-state index in [2.05, 4.69) is 4.98 Å². The minimum absolute atomic E-state index is 0.238. The summed E-state index contributed by atoms with van der Waals surface area (Å²) < 4.78 is 1.96. The summed E-state index contributed by atoms with van der Waals surface area (Å²) in [6.45, 7) is 0.579. The molecule has 1 aromatic carbocycles. The minimum Gasteiger partial charge on any atom is -0.508 e. The van der Waals surface area contributed by atoms with Crippen LogP contribution < -0.4 is 0 Å². The molecule has 2 heterocycles. The number of imidazole rings is 1. The van der Waals surface area contributed by atoms with Gasteiger partial charge in [0.25, 0.3) is 0 Å². The number of nitrogens with zero attached hydrogens (tertiary/aromatic N) is 2. The number of hydrogen-bond donors (Lipinski definition) is 2. The molecule has 2 N–H and O–H groups in total. The molecule has 1 unspecified atom stereocenters. The van der Waals surface area contributed by atoms with Crippen molar-refractivity contribution in [1.82, 2.24) is 9.55 Å². The number of benzene rings is 1. The summed E-state index contributed by atoms with van der Waals surface area (Å²) in [6.07, 6.45) is 0.277. The molecule has 0 saturated heterocycles. The molecule has 4 heteroatoms. The molecule has 72 valence electrons. The first-order valence-electron chi connectivity index (χ1n) is 4.60. The van der Waals surface area contributed by atoms with Crippen molar-refractivity contribution in [3.8, 4) is 5.75 Å². The summed E-state index contributed by atoms with van der Waals surface area (Å²) in [5.41, 5.74) is 1.78. The molecular weight excluding hydrogens is 180 g/mol. The Morgan fingerprint density at radius 2 is 2.29 bits per heavy atom. The molecule has 2 aromatic rings. The van der Waals surface area contributed by atoms with Crippen molar-refractivity contribution in [2.24, 2.45) is 0 Å².